The zero-order chi connectivity index (χ0) is 13.1. The molecule has 0 spiro atoms. The molecule has 5 nitrogen and oxygen atoms in total. The summed E-state index contributed by atoms with van der Waals surface area (Å²) in [6.45, 7) is 0. The van der Waals surface area contributed by atoms with E-state index in [0.717, 1.165) is 14.4 Å². The maximum atomic E-state index is 5.77. The van der Waals surface area contributed by atoms with Gasteiger partial charge in [0.15, 0.2) is 4.34 Å². The summed E-state index contributed by atoms with van der Waals surface area (Å²) in [5.74, 6) is 0.678. The molecule has 2 N–H and O–H groups in total. The second-order valence-corrected chi connectivity index (χ2v) is 6.03. The average molecular weight is 282 g/mol. The van der Waals surface area contributed by atoms with Crippen molar-refractivity contribution in [2.45, 2.75) is 9.24 Å². The summed E-state index contributed by atoms with van der Waals surface area (Å²) in [4.78, 5) is 2.97. The molecule has 0 aliphatic rings. The molecule has 1 heterocycles. The summed E-state index contributed by atoms with van der Waals surface area (Å²) in [6.07, 6.45) is 0. The number of nitrogen functional groups attached to an aromatic ring is 1. The van der Waals surface area contributed by atoms with Gasteiger partial charge < -0.3 is 15.4 Å². The van der Waals surface area contributed by atoms with E-state index in [1.165, 1.54) is 0 Å². The molecule has 0 fully saturated rings. The number of anilines is 2. The van der Waals surface area contributed by atoms with Gasteiger partial charge in [-0.15, -0.1) is 10.2 Å². The van der Waals surface area contributed by atoms with E-state index in [1.807, 2.05) is 37.2 Å². The van der Waals surface area contributed by atoms with E-state index in [2.05, 4.69) is 10.2 Å². The van der Waals surface area contributed by atoms with Crippen molar-refractivity contribution in [3.63, 3.8) is 0 Å². The lowest BCUT2D eigenvalue weighted by molar-refractivity contribution is 0.416. The minimum absolute atomic E-state index is 0.632. The summed E-state index contributed by atoms with van der Waals surface area (Å²) in [7, 11) is 5.50. The fraction of sp³-hybridized carbons (Fsp3) is 0.273. The highest BCUT2D eigenvalue weighted by atomic mass is 32.2. The number of benzene rings is 1. The van der Waals surface area contributed by atoms with Crippen molar-refractivity contribution in [3.05, 3.63) is 18.2 Å². The van der Waals surface area contributed by atoms with E-state index < -0.39 is 0 Å². The Morgan fingerprint density at radius 2 is 2.11 bits per heavy atom. The van der Waals surface area contributed by atoms with Crippen LogP contribution in [0, 0.1) is 0 Å². The molecule has 0 atom stereocenters. The number of hydrogen-bond acceptors (Lipinski definition) is 7. The van der Waals surface area contributed by atoms with E-state index >= 15 is 0 Å². The van der Waals surface area contributed by atoms with Crippen molar-refractivity contribution < 1.29 is 4.74 Å². The molecule has 96 valence electrons. The zero-order valence-corrected chi connectivity index (χ0v) is 12.0. The molecule has 0 unspecified atom stereocenters. The molecule has 0 aliphatic carbocycles. The van der Waals surface area contributed by atoms with Gasteiger partial charge in [-0.2, -0.15) is 0 Å². The molecule has 0 aliphatic heterocycles. The smallest absolute Gasteiger partial charge is 0.208 e. The van der Waals surface area contributed by atoms with Gasteiger partial charge in [0, 0.05) is 19.0 Å². The molecule has 1 aromatic heterocycles. The first-order chi connectivity index (χ1) is 8.60. The van der Waals surface area contributed by atoms with Gasteiger partial charge >= 0.3 is 0 Å². The van der Waals surface area contributed by atoms with E-state index in [-0.39, 0.29) is 0 Å². The van der Waals surface area contributed by atoms with Crippen LogP contribution in [0.5, 0.6) is 5.75 Å². The largest absolute Gasteiger partial charge is 0.495 e. The van der Waals surface area contributed by atoms with Crippen molar-refractivity contribution in [2.75, 3.05) is 31.8 Å². The summed E-state index contributed by atoms with van der Waals surface area (Å²) < 4.78 is 6.08. The number of ether oxygens (including phenoxy) is 1. The van der Waals surface area contributed by atoms with Crippen LogP contribution in [0.3, 0.4) is 0 Å². The van der Waals surface area contributed by atoms with Crippen molar-refractivity contribution in [1.29, 1.82) is 0 Å². The maximum Gasteiger partial charge on any atom is 0.208 e. The number of methoxy groups -OCH3 is 1. The molecule has 0 amide bonds. The van der Waals surface area contributed by atoms with Crippen LogP contribution in [-0.4, -0.2) is 31.4 Å². The highest BCUT2D eigenvalue weighted by Gasteiger charge is 2.08. The molecule has 0 saturated carbocycles. The van der Waals surface area contributed by atoms with Crippen molar-refractivity contribution in [1.82, 2.24) is 10.2 Å². The topological polar surface area (TPSA) is 64.3 Å². The van der Waals surface area contributed by atoms with E-state index in [4.69, 9.17) is 10.5 Å². The molecular weight excluding hydrogens is 268 g/mol. The Hall–Kier alpha value is -1.47. The van der Waals surface area contributed by atoms with Crippen LogP contribution in [0.25, 0.3) is 0 Å². The minimum atomic E-state index is 0.632. The number of aromatic nitrogens is 2. The van der Waals surface area contributed by atoms with E-state index in [1.54, 1.807) is 30.2 Å². The lowest BCUT2D eigenvalue weighted by Crippen LogP contribution is -2.07. The molecular formula is C11H14N4OS2. The summed E-state index contributed by atoms with van der Waals surface area (Å²) in [5, 5.41) is 9.11. The summed E-state index contributed by atoms with van der Waals surface area (Å²) >= 11 is 3.09. The van der Waals surface area contributed by atoms with Gasteiger partial charge in [0.1, 0.15) is 5.75 Å². The Labute approximate surface area is 114 Å². The van der Waals surface area contributed by atoms with Gasteiger partial charge in [-0.3, -0.25) is 0 Å². The molecule has 18 heavy (non-hydrogen) atoms. The molecule has 0 bridgehead atoms. The van der Waals surface area contributed by atoms with Gasteiger partial charge in [-0.05, 0) is 18.2 Å². The third-order valence-electron chi connectivity index (χ3n) is 2.19. The molecule has 7 heteroatoms. The van der Waals surface area contributed by atoms with Gasteiger partial charge in [-0.25, -0.2) is 0 Å². The number of nitrogens with zero attached hydrogens (tertiary/aromatic N) is 3. The Bertz CT molecular complexity index is 542. The summed E-state index contributed by atoms with van der Waals surface area (Å²) in [6, 6.07) is 5.67. The van der Waals surface area contributed by atoms with Crippen LogP contribution in [0.4, 0.5) is 10.8 Å². The number of rotatable bonds is 4. The lowest BCUT2D eigenvalue weighted by atomic mass is 10.3. The first kappa shape index (κ1) is 13.0. The predicted molar refractivity (Wildman–Crippen MR) is 75.8 cm³/mol. The Morgan fingerprint density at radius 3 is 2.72 bits per heavy atom. The Morgan fingerprint density at radius 1 is 1.33 bits per heavy atom. The van der Waals surface area contributed by atoms with Crippen LogP contribution < -0.4 is 15.4 Å². The highest BCUT2D eigenvalue weighted by Crippen LogP contribution is 2.35. The second-order valence-electron chi connectivity index (χ2n) is 3.75. The first-order valence-electron chi connectivity index (χ1n) is 5.22. The Kier molecular flexibility index (Phi) is 3.93. The fourth-order valence-electron chi connectivity index (χ4n) is 1.28. The zero-order valence-electron chi connectivity index (χ0n) is 10.4. The third kappa shape index (κ3) is 2.85. The standard InChI is InChI=1S/C11H14N4OS2/c1-15(2)10-13-14-11(18-10)17-7-4-5-8(12)9(6-7)16-3/h4-6H,12H2,1-3H3. The van der Waals surface area contributed by atoms with Gasteiger partial charge in [0.2, 0.25) is 5.13 Å². The first-order valence-corrected chi connectivity index (χ1v) is 6.85. The third-order valence-corrected chi connectivity index (χ3v) is 4.32. The quantitative estimate of drug-likeness (QED) is 0.868. The van der Waals surface area contributed by atoms with Crippen molar-refractivity contribution in [2.24, 2.45) is 0 Å². The van der Waals surface area contributed by atoms with Crippen molar-refractivity contribution >= 4 is 33.9 Å². The SMILES string of the molecule is COc1cc(Sc2nnc(N(C)C)s2)ccc1N. The fourth-order valence-corrected chi connectivity index (χ4v) is 3.05. The van der Waals surface area contributed by atoms with Gasteiger partial charge in [0.25, 0.3) is 0 Å². The normalized spacial score (nSPS) is 10.4. The van der Waals surface area contributed by atoms with Crippen LogP contribution in [0.15, 0.2) is 27.4 Å². The molecule has 0 saturated heterocycles. The van der Waals surface area contributed by atoms with Crippen LogP contribution >= 0.6 is 23.1 Å². The average Bonchev–Trinajstić information content (AvgIpc) is 2.80. The van der Waals surface area contributed by atoms with Crippen molar-refractivity contribution in [3.8, 4) is 5.75 Å². The predicted octanol–water partition coefficient (Wildman–Crippen LogP) is 2.35. The highest BCUT2D eigenvalue weighted by molar-refractivity contribution is 8.01. The molecule has 2 rings (SSSR count). The monoisotopic (exact) mass is 282 g/mol. The molecule has 1 aromatic carbocycles. The second kappa shape index (κ2) is 5.45. The lowest BCUT2D eigenvalue weighted by Gasteiger charge is -2.06. The van der Waals surface area contributed by atoms with Crippen LogP contribution in [-0.2, 0) is 0 Å². The van der Waals surface area contributed by atoms with Crippen LogP contribution in [0.1, 0.15) is 0 Å². The maximum absolute atomic E-state index is 5.77. The van der Waals surface area contributed by atoms with Gasteiger partial charge in [0.05, 0.1) is 12.8 Å². The number of hydrogen-bond donors (Lipinski definition) is 1. The number of nitrogens with two attached hydrogens (primary N) is 1. The minimum Gasteiger partial charge on any atom is -0.495 e. The van der Waals surface area contributed by atoms with E-state index in [0.29, 0.717) is 11.4 Å². The molecule has 2 aromatic rings. The van der Waals surface area contributed by atoms with Crippen LogP contribution in [0.2, 0.25) is 0 Å². The molecule has 0 radical (unpaired) electrons. The van der Waals surface area contributed by atoms with E-state index in [9.17, 15) is 0 Å². The van der Waals surface area contributed by atoms with Gasteiger partial charge in [-0.1, -0.05) is 23.1 Å². The summed E-state index contributed by atoms with van der Waals surface area (Å²) in [5.41, 5.74) is 6.40. The Balaban J connectivity index is 2.17.